The Balaban J connectivity index is 1.57. The number of hydrogen-bond donors (Lipinski definition) is 1. The summed E-state index contributed by atoms with van der Waals surface area (Å²) in [6.45, 7) is 10.7. The molecule has 6 nitrogen and oxygen atoms in total. The predicted molar refractivity (Wildman–Crippen MR) is 118 cm³/mol. The molecule has 2 aromatic rings. The number of anilines is 1. The number of amides is 2. The molecule has 2 amide bonds. The van der Waals surface area contributed by atoms with Crippen LogP contribution in [0.5, 0.6) is 0 Å². The third-order valence-corrected chi connectivity index (χ3v) is 5.31. The first-order valence-corrected chi connectivity index (χ1v) is 10.2. The molecule has 1 aliphatic heterocycles. The summed E-state index contributed by atoms with van der Waals surface area (Å²) in [7, 11) is 0. The Bertz CT molecular complexity index is 854. The van der Waals surface area contributed by atoms with E-state index in [-0.39, 0.29) is 11.8 Å². The van der Waals surface area contributed by atoms with E-state index in [4.69, 9.17) is 0 Å². The van der Waals surface area contributed by atoms with Crippen LogP contribution in [0.4, 0.5) is 5.69 Å². The molecule has 0 aromatic heterocycles. The van der Waals surface area contributed by atoms with Crippen molar-refractivity contribution in [3.63, 3.8) is 0 Å². The number of hydrogen-bond acceptors (Lipinski definition) is 4. The lowest BCUT2D eigenvalue weighted by atomic mass is 10.1. The maximum Gasteiger partial charge on any atom is 0.241 e. The summed E-state index contributed by atoms with van der Waals surface area (Å²) in [6, 6.07) is 14.3. The van der Waals surface area contributed by atoms with E-state index in [0.29, 0.717) is 26.2 Å². The summed E-state index contributed by atoms with van der Waals surface area (Å²) < 4.78 is 0. The smallest absolute Gasteiger partial charge is 0.241 e. The fraction of sp³-hybridized carbons (Fsp3) is 0.391. The summed E-state index contributed by atoms with van der Waals surface area (Å²) >= 11 is 0. The molecule has 2 aromatic carbocycles. The van der Waals surface area contributed by atoms with Crippen LogP contribution in [-0.4, -0.2) is 74.0 Å². The first-order chi connectivity index (χ1) is 14.1. The largest absolute Gasteiger partial charge is 0.352 e. The van der Waals surface area contributed by atoms with Gasteiger partial charge in [0.05, 0.1) is 18.8 Å². The maximum atomic E-state index is 13.1. The average Bonchev–Trinajstić information content (AvgIpc) is 2.74. The van der Waals surface area contributed by atoms with Gasteiger partial charge >= 0.3 is 0 Å². The van der Waals surface area contributed by atoms with Gasteiger partial charge in [0.1, 0.15) is 0 Å². The number of carbonyl (C=O) groups is 2. The van der Waals surface area contributed by atoms with Gasteiger partial charge < -0.3 is 10.2 Å². The van der Waals surface area contributed by atoms with E-state index in [1.54, 1.807) is 6.08 Å². The van der Waals surface area contributed by atoms with Gasteiger partial charge in [0.25, 0.3) is 0 Å². The van der Waals surface area contributed by atoms with Crippen molar-refractivity contribution in [2.45, 2.75) is 6.92 Å². The van der Waals surface area contributed by atoms with E-state index < -0.39 is 0 Å². The first-order valence-electron chi connectivity index (χ1n) is 10.2. The Morgan fingerprint density at radius 2 is 1.69 bits per heavy atom. The lowest BCUT2D eigenvalue weighted by Gasteiger charge is -2.35. The van der Waals surface area contributed by atoms with Crippen LogP contribution in [0.1, 0.15) is 6.92 Å². The number of piperazine rings is 1. The fourth-order valence-corrected chi connectivity index (χ4v) is 3.75. The molecule has 1 heterocycles. The predicted octanol–water partition coefficient (Wildman–Crippen LogP) is 2.11. The van der Waals surface area contributed by atoms with Gasteiger partial charge in [0, 0.05) is 44.7 Å². The van der Waals surface area contributed by atoms with Crippen LogP contribution in [-0.2, 0) is 9.59 Å². The Morgan fingerprint density at radius 1 is 1.03 bits per heavy atom. The molecule has 0 aliphatic carbocycles. The summed E-state index contributed by atoms with van der Waals surface area (Å²) in [5, 5.41) is 5.04. The molecule has 1 N–H and O–H groups in total. The van der Waals surface area contributed by atoms with Crippen molar-refractivity contribution in [1.29, 1.82) is 0 Å². The second kappa shape index (κ2) is 10.2. The molecule has 0 bridgehead atoms. The summed E-state index contributed by atoms with van der Waals surface area (Å²) in [6.07, 6.45) is 1.68. The number of likely N-dealkylation sites (N-methyl/N-ethyl adjacent to an activating group) is 1. The molecular weight excluding hydrogens is 364 g/mol. The molecule has 3 rings (SSSR count). The highest BCUT2D eigenvalue weighted by molar-refractivity contribution is 6.04. The number of carbonyl (C=O) groups excluding carboxylic acids is 2. The second-order valence-electron chi connectivity index (χ2n) is 7.28. The van der Waals surface area contributed by atoms with Gasteiger partial charge in [-0.05, 0) is 18.4 Å². The zero-order chi connectivity index (χ0) is 20.6. The highest BCUT2D eigenvalue weighted by Crippen LogP contribution is 2.26. The van der Waals surface area contributed by atoms with Crippen LogP contribution < -0.4 is 10.2 Å². The van der Waals surface area contributed by atoms with Crippen LogP contribution in [0.3, 0.4) is 0 Å². The van der Waals surface area contributed by atoms with Gasteiger partial charge in [-0.15, -0.1) is 6.58 Å². The quantitative estimate of drug-likeness (QED) is 0.697. The van der Waals surface area contributed by atoms with Crippen molar-refractivity contribution in [3.05, 3.63) is 55.1 Å². The highest BCUT2D eigenvalue weighted by Gasteiger charge is 2.23. The van der Waals surface area contributed by atoms with Gasteiger partial charge in [-0.2, -0.15) is 0 Å². The summed E-state index contributed by atoms with van der Waals surface area (Å²) in [5.41, 5.74) is 0.966. The normalized spacial score (nSPS) is 15.2. The van der Waals surface area contributed by atoms with Crippen molar-refractivity contribution in [2.24, 2.45) is 0 Å². The lowest BCUT2D eigenvalue weighted by molar-refractivity contribution is -0.123. The fourth-order valence-electron chi connectivity index (χ4n) is 3.75. The topological polar surface area (TPSA) is 55.9 Å². The van der Waals surface area contributed by atoms with Crippen LogP contribution in [0.25, 0.3) is 10.8 Å². The third-order valence-electron chi connectivity index (χ3n) is 5.31. The van der Waals surface area contributed by atoms with Crippen LogP contribution in [0.2, 0.25) is 0 Å². The minimum Gasteiger partial charge on any atom is -0.352 e. The zero-order valence-corrected chi connectivity index (χ0v) is 17.1. The zero-order valence-electron chi connectivity index (χ0n) is 17.1. The lowest BCUT2D eigenvalue weighted by Crippen LogP contribution is -2.52. The van der Waals surface area contributed by atoms with Crippen LogP contribution in [0, 0.1) is 0 Å². The van der Waals surface area contributed by atoms with E-state index in [9.17, 15) is 9.59 Å². The van der Waals surface area contributed by atoms with Gasteiger partial charge in [-0.1, -0.05) is 42.5 Å². The SMILES string of the molecule is C=CCNC(=O)CN1CCN(CC(=O)N(CC)c2cccc3ccccc23)CC1. The first kappa shape index (κ1) is 21.0. The van der Waals surface area contributed by atoms with Crippen molar-refractivity contribution >= 4 is 28.3 Å². The van der Waals surface area contributed by atoms with E-state index in [2.05, 4.69) is 39.9 Å². The van der Waals surface area contributed by atoms with Crippen molar-refractivity contribution in [3.8, 4) is 0 Å². The third kappa shape index (κ3) is 5.43. The Kier molecular flexibility index (Phi) is 7.38. The summed E-state index contributed by atoms with van der Waals surface area (Å²) in [4.78, 5) is 31.1. The average molecular weight is 395 g/mol. The number of benzene rings is 2. The van der Waals surface area contributed by atoms with E-state index in [1.807, 2.05) is 36.1 Å². The molecule has 0 radical (unpaired) electrons. The van der Waals surface area contributed by atoms with E-state index in [1.165, 1.54) is 0 Å². The second-order valence-corrected chi connectivity index (χ2v) is 7.28. The highest BCUT2D eigenvalue weighted by atomic mass is 16.2. The summed E-state index contributed by atoms with van der Waals surface area (Å²) in [5.74, 6) is 0.128. The molecule has 1 aliphatic rings. The van der Waals surface area contributed by atoms with Crippen LogP contribution >= 0.6 is 0 Å². The standard InChI is InChI=1S/C23H30N4O2/c1-3-12-24-22(28)17-25-13-15-26(16-14-25)18-23(29)27(4-2)21-11-7-9-19-8-5-6-10-20(19)21/h3,5-11H,1,4,12-18H2,2H3,(H,24,28). The molecule has 0 unspecified atom stereocenters. The number of nitrogens with one attached hydrogen (secondary N) is 1. The van der Waals surface area contributed by atoms with Crippen molar-refractivity contribution in [1.82, 2.24) is 15.1 Å². The van der Waals surface area contributed by atoms with E-state index in [0.717, 1.165) is 42.6 Å². The number of nitrogens with zero attached hydrogens (tertiary/aromatic N) is 3. The van der Waals surface area contributed by atoms with Gasteiger partial charge in [0.15, 0.2) is 0 Å². The molecule has 1 fully saturated rings. The Labute approximate surface area is 172 Å². The minimum absolute atomic E-state index is 0.0162. The van der Waals surface area contributed by atoms with Crippen molar-refractivity contribution < 1.29 is 9.59 Å². The monoisotopic (exact) mass is 394 g/mol. The molecular formula is C23H30N4O2. The van der Waals surface area contributed by atoms with Gasteiger partial charge in [0.2, 0.25) is 11.8 Å². The maximum absolute atomic E-state index is 13.1. The van der Waals surface area contributed by atoms with Crippen molar-refractivity contribution in [2.75, 3.05) is 57.3 Å². The minimum atomic E-state index is 0.0162. The number of rotatable bonds is 8. The Morgan fingerprint density at radius 3 is 2.38 bits per heavy atom. The molecule has 154 valence electrons. The van der Waals surface area contributed by atoms with Gasteiger partial charge in [-0.25, -0.2) is 0 Å². The van der Waals surface area contributed by atoms with E-state index >= 15 is 0 Å². The molecule has 29 heavy (non-hydrogen) atoms. The number of fused-ring (bicyclic) bond motifs is 1. The molecule has 0 atom stereocenters. The molecule has 6 heteroatoms. The molecule has 1 saturated heterocycles. The molecule has 0 spiro atoms. The van der Waals surface area contributed by atoms with Crippen LogP contribution in [0.15, 0.2) is 55.1 Å². The van der Waals surface area contributed by atoms with Gasteiger partial charge in [-0.3, -0.25) is 19.4 Å². The molecule has 0 saturated carbocycles. The Hall–Kier alpha value is -2.70.